The van der Waals surface area contributed by atoms with E-state index in [1.807, 2.05) is 13.2 Å². The van der Waals surface area contributed by atoms with Crippen molar-refractivity contribution in [1.29, 1.82) is 0 Å². The van der Waals surface area contributed by atoms with E-state index < -0.39 is 9.84 Å². The fourth-order valence-electron chi connectivity index (χ4n) is 1.88. The molecule has 0 saturated carbocycles. The van der Waals surface area contributed by atoms with Crippen molar-refractivity contribution in [3.63, 3.8) is 0 Å². The molecular weight excluding hydrogens is 292 g/mol. The summed E-state index contributed by atoms with van der Waals surface area (Å²) in [6, 6.07) is 4.59. The lowest BCUT2D eigenvalue weighted by Crippen LogP contribution is -2.04. The lowest BCUT2D eigenvalue weighted by molar-refractivity contribution is 0.297. The van der Waals surface area contributed by atoms with Crippen molar-refractivity contribution in [1.82, 2.24) is 9.78 Å². The molecule has 0 saturated heterocycles. The van der Waals surface area contributed by atoms with Crippen molar-refractivity contribution in [2.24, 2.45) is 7.05 Å². The molecule has 2 rings (SSSR count). The average Bonchev–Trinajstić information content (AvgIpc) is 2.83. The van der Waals surface area contributed by atoms with E-state index in [1.165, 1.54) is 19.2 Å². The molecule has 1 aromatic carbocycles. The van der Waals surface area contributed by atoms with Gasteiger partial charge in [-0.15, -0.1) is 0 Å². The van der Waals surface area contributed by atoms with Gasteiger partial charge in [0.2, 0.25) is 0 Å². The molecule has 2 aromatic rings. The van der Waals surface area contributed by atoms with Crippen LogP contribution in [0.2, 0.25) is 0 Å². The quantitative estimate of drug-likeness (QED) is 0.807. The highest BCUT2D eigenvalue weighted by molar-refractivity contribution is 7.90. The smallest absolute Gasteiger partial charge is 0.175 e. The van der Waals surface area contributed by atoms with Crippen molar-refractivity contribution in [3.8, 4) is 11.5 Å². The molecule has 7 heteroatoms. The van der Waals surface area contributed by atoms with Gasteiger partial charge in [0, 0.05) is 32.0 Å². The third-order valence-electron chi connectivity index (χ3n) is 2.97. The molecule has 0 aliphatic rings. The van der Waals surface area contributed by atoms with Gasteiger partial charge in [-0.2, -0.15) is 5.10 Å². The third-order valence-corrected chi connectivity index (χ3v) is 4.08. The lowest BCUT2D eigenvalue weighted by Gasteiger charge is -2.11. The van der Waals surface area contributed by atoms with Crippen LogP contribution in [0.1, 0.15) is 5.56 Å². The Hall–Kier alpha value is -2.02. The molecule has 1 heterocycles. The molecule has 0 bridgehead atoms. The van der Waals surface area contributed by atoms with Gasteiger partial charge in [-0.25, -0.2) is 8.42 Å². The van der Waals surface area contributed by atoms with Gasteiger partial charge < -0.3 is 9.47 Å². The number of sulfone groups is 1. The molecule has 21 heavy (non-hydrogen) atoms. The van der Waals surface area contributed by atoms with Crippen LogP contribution in [0.25, 0.3) is 0 Å². The van der Waals surface area contributed by atoms with Crippen molar-refractivity contribution in [3.05, 3.63) is 36.2 Å². The topological polar surface area (TPSA) is 70.4 Å². The lowest BCUT2D eigenvalue weighted by atomic mass is 10.3. The van der Waals surface area contributed by atoms with E-state index in [-0.39, 0.29) is 4.90 Å². The Balaban J connectivity index is 2.06. The Bertz CT molecular complexity index is 722. The Kier molecular flexibility index (Phi) is 4.52. The van der Waals surface area contributed by atoms with Crippen LogP contribution in [0.5, 0.6) is 11.5 Å². The van der Waals surface area contributed by atoms with Gasteiger partial charge in [-0.3, -0.25) is 4.68 Å². The number of aryl methyl sites for hydroxylation is 1. The van der Waals surface area contributed by atoms with Crippen molar-refractivity contribution >= 4 is 9.84 Å². The van der Waals surface area contributed by atoms with E-state index in [1.54, 1.807) is 16.9 Å². The van der Waals surface area contributed by atoms with Crippen LogP contribution in [0.3, 0.4) is 0 Å². The number of rotatable bonds is 6. The van der Waals surface area contributed by atoms with E-state index in [9.17, 15) is 8.42 Å². The maximum Gasteiger partial charge on any atom is 0.175 e. The fraction of sp³-hybridized carbons (Fsp3) is 0.357. The zero-order chi connectivity index (χ0) is 15.5. The molecule has 114 valence electrons. The molecule has 0 aliphatic carbocycles. The first-order chi connectivity index (χ1) is 9.90. The second-order valence-electron chi connectivity index (χ2n) is 4.71. The van der Waals surface area contributed by atoms with Gasteiger partial charge in [-0.05, 0) is 17.7 Å². The zero-order valence-electron chi connectivity index (χ0n) is 12.2. The number of aromatic nitrogens is 2. The molecule has 0 radical (unpaired) electrons. The van der Waals surface area contributed by atoms with E-state index in [0.717, 1.165) is 11.8 Å². The zero-order valence-corrected chi connectivity index (χ0v) is 13.1. The number of benzene rings is 1. The summed E-state index contributed by atoms with van der Waals surface area (Å²) < 4.78 is 35.6. The van der Waals surface area contributed by atoms with Crippen molar-refractivity contribution in [2.45, 2.75) is 11.3 Å². The average molecular weight is 310 g/mol. The maximum absolute atomic E-state index is 11.5. The van der Waals surface area contributed by atoms with Gasteiger partial charge in [0.05, 0.1) is 24.8 Å². The van der Waals surface area contributed by atoms with Crippen molar-refractivity contribution < 1.29 is 17.9 Å². The number of hydrogen-bond acceptors (Lipinski definition) is 5. The van der Waals surface area contributed by atoms with Gasteiger partial charge in [0.15, 0.2) is 21.3 Å². The van der Waals surface area contributed by atoms with Crippen LogP contribution in [-0.4, -0.2) is 38.2 Å². The van der Waals surface area contributed by atoms with E-state index in [0.29, 0.717) is 24.5 Å². The first-order valence-corrected chi connectivity index (χ1v) is 8.27. The standard InChI is InChI=1S/C14H18N2O4S/c1-16-10-11(9-15-16)6-7-20-13-5-4-12(21(3,17)18)8-14(13)19-2/h4-5,8-10H,6-7H2,1-3H3. The summed E-state index contributed by atoms with van der Waals surface area (Å²) in [6.07, 6.45) is 5.58. The molecule has 0 amide bonds. The Morgan fingerprint density at radius 2 is 2.05 bits per heavy atom. The highest BCUT2D eigenvalue weighted by Gasteiger charge is 2.12. The van der Waals surface area contributed by atoms with Crippen LogP contribution < -0.4 is 9.47 Å². The minimum Gasteiger partial charge on any atom is -0.493 e. The van der Waals surface area contributed by atoms with Crippen molar-refractivity contribution in [2.75, 3.05) is 20.0 Å². The Labute approximate surface area is 124 Å². The summed E-state index contributed by atoms with van der Waals surface area (Å²) in [5.74, 6) is 0.929. The molecular formula is C14H18N2O4S. The molecule has 6 nitrogen and oxygen atoms in total. The summed E-state index contributed by atoms with van der Waals surface area (Å²) in [5.41, 5.74) is 1.07. The minimum atomic E-state index is -3.26. The fourth-order valence-corrected chi connectivity index (χ4v) is 2.51. The summed E-state index contributed by atoms with van der Waals surface area (Å²) >= 11 is 0. The van der Waals surface area contributed by atoms with Crippen LogP contribution >= 0.6 is 0 Å². The van der Waals surface area contributed by atoms with Crippen LogP contribution in [0, 0.1) is 0 Å². The SMILES string of the molecule is COc1cc(S(C)(=O)=O)ccc1OCCc1cnn(C)c1. The predicted octanol–water partition coefficient (Wildman–Crippen LogP) is 1.45. The maximum atomic E-state index is 11.5. The molecule has 1 aromatic heterocycles. The largest absolute Gasteiger partial charge is 0.493 e. The van der Waals surface area contributed by atoms with Crippen LogP contribution in [-0.2, 0) is 23.3 Å². The van der Waals surface area contributed by atoms with Gasteiger partial charge >= 0.3 is 0 Å². The normalized spacial score (nSPS) is 11.4. The second kappa shape index (κ2) is 6.17. The first-order valence-electron chi connectivity index (χ1n) is 6.38. The number of nitrogens with zero attached hydrogens (tertiary/aromatic N) is 2. The van der Waals surface area contributed by atoms with Gasteiger partial charge in [0.25, 0.3) is 0 Å². The second-order valence-corrected chi connectivity index (χ2v) is 6.72. The first kappa shape index (κ1) is 15.4. The number of ether oxygens (including phenoxy) is 2. The van der Waals surface area contributed by atoms with Gasteiger partial charge in [-0.1, -0.05) is 0 Å². The third kappa shape index (κ3) is 3.98. The molecule has 0 unspecified atom stereocenters. The number of methoxy groups -OCH3 is 1. The monoisotopic (exact) mass is 310 g/mol. The Morgan fingerprint density at radius 3 is 2.62 bits per heavy atom. The highest BCUT2D eigenvalue weighted by Crippen LogP contribution is 2.29. The highest BCUT2D eigenvalue weighted by atomic mass is 32.2. The molecule has 0 atom stereocenters. The summed E-state index contributed by atoms with van der Waals surface area (Å²) in [4.78, 5) is 0.207. The van der Waals surface area contributed by atoms with Crippen LogP contribution in [0.15, 0.2) is 35.5 Å². The summed E-state index contributed by atoms with van der Waals surface area (Å²) in [5, 5.41) is 4.08. The molecule has 0 fully saturated rings. The van der Waals surface area contributed by atoms with E-state index in [2.05, 4.69) is 5.10 Å². The summed E-state index contributed by atoms with van der Waals surface area (Å²) in [7, 11) is 0.0805. The molecule has 0 N–H and O–H groups in total. The van der Waals surface area contributed by atoms with E-state index >= 15 is 0 Å². The molecule has 0 spiro atoms. The van der Waals surface area contributed by atoms with Gasteiger partial charge in [0.1, 0.15) is 0 Å². The molecule has 0 aliphatic heterocycles. The number of hydrogen-bond donors (Lipinski definition) is 0. The minimum absolute atomic E-state index is 0.207. The predicted molar refractivity (Wildman–Crippen MR) is 78.5 cm³/mol. The Morgan fingerprint density at radius 1 is 1.29 bits per heavy atom. The van der Waals surface area contributed by atoms with Crippen LogP contribution in [0.4, 0.5) is 0 Å². The van der Waals surface area contributed by atoms with E-state index in [4.69, 9.17) is 9.47 Å². The summed E-state index contributed by atoms with van der Waals surface area (Å²) in [6.45, 7) is 0.459.